The highest BCUT2D eigenvalue weighted by molar-refractivity contribution is 6.31. The van der Waals surface area contributed by atoms with E-state index in [9.17, 15) is 35.8 Å². The molecule has 1 atom stereocenters. The van der Waals surface area contributed by atoms with Gasteiger partial charge in [0.1, 0.15) is 17.2 Å². The normalized spacial score (nSPS) is 13.9. The number of halogens is 8. The van der Waals surface area contributed by atoms with E-state index in [1.165, 1.54) is 24.3 Å². The predicted molar refractivity (Wildman–Crippen MR) is 127 cm³/mol. The van der Waals surface area contributed by atoms with E-state index in [0.29, 0.717) is 17.2 Å². The second-order valence-corrected chi connectivity index (χ2v) is 8.72. The molecule has 206 valence electrons. The number of nitrogens with one attached hydrogen (secondary N) is 1. The zero-order valence-corrected chi connectivity index (χ0v) is 20.6. The Morgan fingerprint density at radius 2 is 1.61 bits per heavy atom. The molecule has 38 heavy (non-hydrogen) atoms. The van der Waals surface area contributed by atoms with Crippen molar-refractivity contribution in [2.75, 3.05) is 0 Å². The van der Waals surface area contributed by atoms with Gasteiger partial charge in [-0.15, -0.1) is 0 Å². The van der Waals surface area contributed by atoms with Crippen LogP contribution in [0.5, 0.6) is 17.2 Å². The van der Waals surface area contributed by atoms with Crippen molar-refractivity contribution in [3.8, 4) is 17.2 Å². The number of ether oxygens (including phenoxy) is 2. The molecule has 4 nitrogen and oxygen atoms in total. The summed E-state index contributed by atoms with van der Waals surface area (Å²) in [5.74, 6) is -0.288. The number of benzene rings is 3. The van der Waals surface area contributed by atoms with Crippen LogP contribution in [0.15, 0.2) is 66.7 Å². The molecule has 0 heterocycles. The van der Waals surface area contributed by atoms with Gasteiger partial charge in [0.15, 0.2) is 0 Å². The Balaban J connectivity index is 1.82. The molecule has 0 radical (unpaired) electrons. The molecule has 0 aliphatic rings. The summed E-state index contributed by atoms with van der Waals surface area (Å²) >= 11 is 6.11. The third-order valence-corrected chi connectivity index (χ3v) is 5.87. The predicted octanol–water partition coefficient (Wildman–Crippen LogP) is 7.51. The fourth-order valence-electron chi connectivity index (χ4n) is 3.47. The van der Waals surface area contributed by atoms with Gasteiger partial charge in [-0.05, 0) is 59.5 Å². The summed E-state index contributed by atoms with van der Waals surface area (Å²) in [4.78, 5) is 0. The standard InChI is InChI=1S/C26H23ClF7NO3/c1-2-17-13-19(10-11-21(17)27)37-22-9-4-3-7-18(22)14-24(36,26(32,33)34)35-15-16-6-5-8-20(12-16)38-25(30,31)23(28)29/h3-13,23,35-36H,2,14-15H2,1H3. The van der Waals surface area contributed by atoms with E-state index in [-0.39, 0.29) is 16.9 Å². The summed E-state index contributed by atoms with van der Waals surface area (Å²) < 4.78 is 103. The minimum atomic E-state index is -5.17. The number of para-hydroxylation sites is 1. The van der Waals surface area contributed by atoms with E-state index in [1.807, 2.05) is 12.2 Å². The first-order valence-corrected chi connectivity index (χ1v) is 11.6. The molecular formula is C26H23ClF7NO3. The molecule has 3 rings (SSSR count). The number of rotatable bonds is 11. The third kappa shape index (κ3) is 7.30. The first kappa shape index (κ1) is 29.5. The molecule has 1 unspecified atom stereocenters. The monoisotopic (exact) mass is 565 g/mol. The lowest BCUT2D eigenvalue weighted by Gasteiger charge is -2.32. The second kappa shape index (κ2) is 11.8. The Hall–Kier alpha value is -3.02. The fraction of sp³-hybridized carbons (Fsp3) is 0.308. The van der Waals surface area contributed by atoms with Crippen LogP contribution in [0.1, 0.15) is 23.6 Å². The van der Waals surface area contributed by atoms with E-state index < -0.39 is 43.2 Å². The molecule has 0 fully saturated rings. The summed E-state index contributed by atoms with van der Waals surface area (Å²) in [6.07, 6.45) is -14.4. The Labute approximate surface area is 218 Å². The minimum absolute atomic E-state index is 0.0153. The summed E-state index contributed by atoms with van der Waals surface area (Å²) in [7, 11) is 0. The topological polar surface area (TPSA) is 50.7 Å². The Bertz CT molecular complexity index is 1240. The van der Waals surface area contributed by atoms with Gasteiger partial charge in [0.05, 0.1) is 0 Å². The van der Waals surface area contributed by atoms with Gasteiger partial charge in [0, 0.05) is 18.0 Å². The molecule has 0 spiro atoms. The first-order valence-electron chi connectivity index (χ1n) is 11.3. The molecule has 2 N–H and O–H groups in total. The molecule has 0 aliphatic carbocycles. The second-order valence-electron chi connectivity index (χ2n) is 8.32. The molecule has 12 heteroatoms. The average molecular weight is 566 g/mol. The largest absolute Gasteiger partial charge is 0.461 e. The molecule has 0 bridgehead atoms. The fourth-order valence-corrected chi connectivity index (χ4v) is 3.72. The van der Waals surface area contributed by atoms with Crippen molar-refractivity contribution in [2.24, 2.45) is 0 Å². The third-order valence-electron chi connectivity index (χ3n) is 5.51. The van der Waals surface area contributed by atoms with Crippen molar-refractivity contribution in [2.45, 2.75) is 50.7 Å². The van der Waals surface area contributed by atoms with Gasteiger partial charge in [0.25, 0.3) is 0 Å². The minimum Gasteiger partial charge on any atom is -0.457 e. The van der Waals surface area contributed by atoms with Crippen molar-refractivity contribution in [3.63, 3.8) is 0 Å². The molecular weight excluding hydrogens is 543 g/mol. The van der Waals surface area contributed by atoms with Gasteiger partial charge in [-0.2, -0.15) is 30.7 Å². The average Bonchev–Trinajstić information content (AvgIpc) is 2.84. The molecule has 0 aromatic heterocycles. The van der Waals surface area contributed by atoms with Crippen molar-refractivity contribution in [3.05, 3.63) is 88.4 Å². The molecule has 0 aliphatic heterocycles. The van der Waals surface area contributed by atoms with Crippen LogP contribution in [-0.2, 0) is 19.4 Å². The molecule has 3 aromatic rings. The van der Waals surface area contributed by atoms with E-state index in [4.69, 9.17) is 16.3 Å². The van der Waals surface area contributed by atoms with Crippen molar-refractivity contribution in [1.82, 2.24) is 5.32 Å². The highest BCUT2D eigenvalue weighted by Gasteiger charge is 2.54. The smallest absolute Gasteiger partial charge is 0.457 e. The van der Waals surface area contributed by atoms with Crippen LogP contribution >= 0.6 is 11.6 Å². The summed E-state index contributed by atoms with van der Waals surface area (Å²) in [6, 6.07) is 14.8. The maximum atomic E-state index is 14.0. The highest BCUT2D eigenvalue weighted by Crippen LogP contribution is 2.36. The lowest BCUT2D eigenvalue weighted by molar-refractivity contribution is -0.273. The van der Waals surface area contributed by atoms with Crippen LogP contribution in [0, 0.1) is 0 Å². The lowest BCUT2D eigenvalue weighted by atomic mass is 10.00. The van der Waals surface area contributed by atoms with E-state index in [0.717, 1.165) is 23.8 Å². The maximum Gasteiger partial charge on any atom is 0.461 e. The van der Waals surface area contributed by atoms with Crippen LogP contribution < -0.4 is 14.8 Å². The van der Waals surface area contributed by atoms with E-state index in [2.05, 4.69) is 4.74 Å². The van der Waals surface area contributed by atoms with Gasteiger partial charge in [-0.1, -0.05) is 48.9 Å². The Morgan fingerprint density at radius 3 is 2.26 bits per heavy atom. The zero-order valence-electron chi connectivity index (χ0n) is 19.8. The summed E-state index contributed by atoms with van der Waals surface area (Å²) in [5, 5.41) is 13.1. The Morgan fingerprint density at radius 1 is 0.895 bits per heavy atom. The summed E-state index contributed by atoms with van der Waals surface area (Å²) in [6.45, 7) is 1.22. The van der Waals surface area contributed by atoms with E-state index >= 15 is 0 Å². The number of alkyl halides is 7. The maximum absolute atomic E-state index is 14.0. The lowest BCUT2D eigenvalue weighted by Crippen LogP contribution is -2.58. The molecule has 0 amide bonds. The SMILES string of the molecule is CCc1cc(Oc2ccccc2CC(O)(NCc2cccc(OC(F)(F)C(F)F)c2)C(F)(F)F)ccc1Cl. The van der Waals surface area contributed by atoms with Gasteiger partial charge < -0.3 is 14.6 Å². The molecule has 0 saturated carbocycles. The summed E-state index contributed by atoms with van der Waals surface area (Å²) in [5.41, 5.74) is -2.72. The van der Waals surface area contributed by atoms with Crippen molar-refractivity contribution in [1.29, 1.82) is 0 Å². The van der Waals surface area contributed by atoms with E-state index in [1.54, 1.807) is 24.3 Å². The van der Waals surface area contributed by atoms with Gasteiger partial charge in [-0.3, -0.25) is 5.32 Å². The zero-order chi connectivity index (χ0) is 28.1. The molecule has 3 aromatic carbocycles. The number of aryl methyl sites for hydroxylation is 1. The first-order chi connectivity index (χ1) is 17.7. The number of hydrogen-bond donors (Lipinski definition) is 2. The van der Waals surface area contributed by atoms with Crippen molar-refractivity contribution < 1.29 is 45.3 Å². The number of hydrogen-bond acceptors (Lipinski definition) is 4. The van der Waals surface area contributed by atoms with Crippen LogP contribution in [0.4, 0.5) is 30.7 Å². The highest BCUT2D eigenvalue weighted by atomic mass is 35.5. The Kier molecular flexibility index (Phi) is 9.17. The van der Waals surface area contributed by atoms with Crippen LogP contribution in [0.3, 0.4) is 0 Å². The van der Waals surface area contributed by atoms with Gasteiger partial charge >= 0.3 is 18.7 Å². The molecule has 0 saturated heterocycles. The van der Waals surface area contributed by atoms with Crippen LogP contribution in [0.2, 0.25) is 5.02 Å². The number of aliphatic hydroxyl groups is 1. The van der Waals surface area contributed by atoms with Crippen molar-refractivity contribution >= 4 is 11.6 Å². The van der Waals surface area contributed by atoms with Gasteiger partial charge in [0.2, 0.25) is 5.72 Å². The quantitative estimate of drug-likeness (QED) is 0.187. The van der Waals surface area contributed by atoms with Crippen LogP contribution in [0.25, 0.3) is 0 Å². The van der Waals surface area contributed by atoms with Crippen LogP contribution in [-0.4, -0.2) is 29.5 Å². The van der Waals surface area contributed by atoms with Gasteiger partial charge in [-0.25, -0.2) is 0 Å².